The number of hydrogen-bond donors (Lipinski definition) is 1. The van der Waals surface area contributed by atoms with E-state index >= 15 is 0 Å². The summed E-state index contributed by atoms with van der Waals surface area (Å²) in [4.78, 5) is 4.29. The maximum absolute atomic E-state index is 10.2. The van der Waals surface area contributed by atoms with Crippen molar-refractivity contribution in [1.82, 2.24) is 4.98 Å². The highest BCUT2D eigenvalue weighted by Crippen LogP contribution is 2.26. The second-order valence-electron chi connectivity index (χ2n) is 6.16. The number of halogens is 1. The third-order valence-corrected chi connectivity index (χ3v) is 4.56. The van der Waals surface area contributed by atoms with Gasteiger partial charge in [0.05, 0.1) is 16.6 Å². The first kappa shape index (κ1) is 17.7. The number of aromatic nitrogens is 1. The standard InChI is InChI=1S/C21H22ClNO2/c1-2-3-7-21(24)16-6-4-5-15(12-16)14-25-17-8-9-20-18(13-17)19(22)10-11-23-20/h4-6,8-13,21,24H,2-3,7,14H2,1H3. The maximum atomic E-state index is 10.2. The first-order valence-corrected chi connectivity index (χ1v) is 8.99. The summed E-state index contributed by atoms with van der Waals surface area (Å²) in [5.74, 6) is 0.749. The van der Waals surface area contributed by atoms with Crippen LogP contribution >= 0.6 is 11.6 Å². The molecule has 1 atom stereocenters. The van der Waals surface area contributed by atoms with Gasteiger partial charge >= 0.3 is 0 Å². The molecule has 1 heterocycles. The molecule has 0 saturated heterocycles. The summed E-state index contributed by atoms with van der Waals surface area (Å²) in [5, 5.41) is 11.8. The van der Waals surface area contributed by atoms with Gasteiger partial charge in [-0.15, -0.1) is 0 Å². The number of unbranched alkanes of at least 4 members (excludes halogenated alkanes) is 1. The number of rotatable bonds is 7. The van der Waals surface area contributed by atoms with Crippen LogP contribution in [0.1, 0.15) is 43.4 Å². The topological polar surface area (TPSA) is 42.4 Å². The fraction of sp³-hybridized carbons (Fsp3) is 0.286. The quantitative estimate of drug-likeness (QED) is 0.591. The highest BCUT2D eigenvalue weighted by molar-refractivity contribution is 6.35. The molecule has 0 amide bonds. The zero-order chi connectivity index (χ0) is 17.6. The molecule has 1 unspecified atom stereocenters. The third-order valence-electron chi connectivity index (χ3n) is 4.23. The minimum Gasteiger partial charge on any atom is -0.489 e. The summed E-state index contributed by atoms with van der Waals surface area (Å²) in [6, 6.07) is 15.4. The maximum Gasteiger partial charge on any atom is 0.120 e. The molecule has 2 aromatic carbocycles. The average molecular weight is 356 g/mol. The highest BCUT2D eigenvalue weighted by Gasteiger charge is 2.08. The van der Waals surface area contributed by atoms with E-state index in [1.54, 1.807) is 12.3 Å². The van der Waals surface area contributed by atoms with E-state index in [-0.39, 0.29) is 0 Å². The van der Waals surface area contributed by atoms with Crippen molar-refractivity contribution in [3.05, 3.63) is 70.9 Å². The summed E-state index contributed by atoms with van der Waals surface area (Å²) >= 11 is 6.22. The van der Waals surface area contributed by atoms with E-state index in [2.05, 4.69) is 11.9 Å². The predicted molar refractivity (Wildman–Crippen MR) is 102 cm³/mol. The van der Waals surface area contributed by atoms with Crippen LogP contribution in [0.3, 0.4) is 0 Å². The molecule has 3 aromatic rings. The Morgan fingerprint density at radius 3 is 2.88 bits per heavy atom. The molecule has 130 valence electrons. The fourth-order valence-electron chi connectivity index (χ4n) is 2.80. The predicted octanol–water partition coefficient (Wildman–Crippen LogP) is 5.69. The lowest BCUT2D eigenvalue weighted by molar-refractivity contribution is 0.164. The lowest BCUT2D eigenvalue weighted by atomic mass is 10.0. The molecule has 0 aliphatic carbocycles. The van der Waals surface area contributed by atoms with Crippen LogP contribution in [-0.4, -0.2) is 10.1 Å². The Kier molecular flexibility index (Phi) is 5.90. The Balaban J connectivity index is 1.70. The highest BCUT2D eigenvalue weighted by atomic mass is 35.5. The zero-order valence-corrected chi connectivity index (χ0v) is 15.0. The van der Waals surface area contributed by atoms with Crippen molar-refractivity contribution < 1.29 is 9.84 Å². The molecule has 0 bridgehead atoms. The van der Waals surface area contributed by atoms with Crippen LogP contribution in [0.15, 0.2) is 54.7 Å². The number of fused-ring (bicyclic) bond motifs is 1. The normalized spacial score (nSPS) is 12.3. The summed E-state index contributed by atoms with van der Waals surface area (Å²) in [5.41, 5.74) is 2.83. The summed E-state index contributed by atoms with van der Waals surface area (Å²) < 4.78 is 5.90. The number of hydrogen-bond acceptors (Lipinski definition) is 3. The first-order chi connectivity index (χ1) is 12.2. The van der Waals surface area contributed by atoms with Crippen molar-refractivity contribution in [3.63, 3.8) is 0 Å². The number of nitrogens with zero attached hydrogens (tertiary/aromatic N) is 1. The van der Waals surface area contributed by atoms with Crippen LogP contribution in [0.5, 0.6) is 5.75 Å². The van der Waals surface area contributed by atoms with Crippen molar-refractivity contribution >= 4 is 22.5 Å². The first-order valence-electron chi connectivity index (χ1n) is 8.61. The van der Waals surface area contributed by atoms with Crippen molar-refractivity contribution in [1.29, 1.82) is 0 Å². The molecule has 4 heteroatoms. The van der Waals surface area contributed by atoms with Crippen molar-refractivity contribution in [2.75, 3.05) is 0 Å². The Labute approximate surface area is 153 Å². The van der Waals surface area contributed by atoms with E-state index in [0.29, 0.717) is 11.6 Å². The molecule has 0 fully saturated rings. The van der Waals surface area contributed by atoms with E-state index < -0.39 is 6.10 Å². The van der Waals surface area contributed by atoms with Crippen molar-refractivity contribution in [2.24, 2.45) is 0 Å². The Bertz CT molecular complexity index is 850. The van der Waals surface area contributed by atoms with Gasteiger partial charge < -0.3 is 9.84 Å². The Morgan fingerprint density at radius 1 is 1.16 bits per heavy atom. The molecule has 0 spiro atoms. The smallest absolute Gasteiger partial charge is 0.120 e. The lowest BCUT2D eigenvalue weighted by Gasteiger charge is -2.13. The second kappa shape index (κ2) is 8.32. The molecule has 3 rings (SSSR count). The van der Waals surface area contributed by atoms with Gasteiger partial charge in [0, 0.05) is 11.6 Å². The summed E-state index contributed by atoms with van der Waals surface area (Å²) in [6.07, 6.45) is 4.18. The van der Waals surface area contributed by atoms with Crippen LogP contribution in [0.4, 0.5) is 0 Å². The molecule has 1 aromatic heterocycles. The number of ether oxygens (including phenoxy) is 1. The molecule has 0 radical (unpaired) electrons. The molecular weight excluding hydrogens is 334 g/mol. The second-order valence-corrected chi connectivity index (χ2v) is 6.57. The zero-order valence-electron chi connectivity index (χ0n) is 14.3. The SMILES string of the molecule is CCCCC(O)c1cccc(COc2ccc3nccc(Cl)c3c2)c1. The van der Waals surface area contributed by atoms with Crippen LogP contribution in [0.25, 0.3) is 10.9 Å². The minimum atomic E-state index is -0.412. The van der Waals surface area contributed by atoms with Gasteiger partial charge in [0.25, 0.3) is 0 Å². The van der Waals surface area contributed by atoms with Gasteiger partial charge in [-0.05, 0) is 47.9 Å². The van der Waals surface area contributed by atoms with E-state index in [1.807, 2.05) is 42.5 Å². The Hall–Kier alpha value is -2.10. The summed E-state index contributed by atoms with van der Waals surface area (Å²) in [7, 11) is 0. The van der Waals surface area contributed by atoms with Crippen LogP contribution in [0.2, 0.25) is 5.02 Å². The van der Waals surface area contributed by atoms with Crippen LogP contribution in [-0.2, 0) is 6.61 Å². The van der Waals surface area contributed by atoms with Gasteiger partial charge in [-0.2, -0.15) is 0 Å². The number of aliphatic hydroxyl groups excluding tert-OH is 1. The lowest BCUT2D eigenvalue weighted by Crippen LogP contribution is -2.00. The van der Waals surface area contributed by atoms with Gasteiger partial charge in [-0.3, -0.25) is 4.98 Å². The molecule has 25 heavy (non-hydrogen) atoms. The van der Waals surface area contributed by atoms with Crippen LogP contribution < -0.4 is 4.74 Å². The minimum absolute atomic E-state index is 0.412. The molecule has 3 nitrogen and oxygen atoms in total. The summed E-state index contributed by atoms with van der Waals surface area (Å²) in [6.45, 7) is 2.57. The van der Waals surface area contributed by atoms with Gasteiger partial charge in [0.15, 0.2) is 0 Å². The van der Waals surface area contributed by atoms with E-state index in [4.69, 9.17) is 16.3 Å². The van der Waals surface area contributed by atoms with Crippen molar-refractivity contribution in [2.45, 2.75) is 38.9 Å². The molecule has 1 N–H and O–H groups in total. The van der Waals surface area contributed by atoms with Gasteiger partial charge in [-0.1, -0.05) is 49.6 Å². The van der Waals surface area contributed by atoms with Gasteiger partial charge in [0.1, 0.15) is 12.4 Å². The fourth-order valence-corrected chi connectivity index (χ4v) is 3.01. The van der Waals surface area contributed by atoms with E-state index in [0.717, 1.165) is 47.0 Å². The average Bonchev–Trinajstić information content (AvgIpc) is 2.65. The molecular formula is C21H22ClNO2. The number of benzene rings is 2. The largest absolute Gasteiger partial charge is 0.489 e. The molecule has 0 aliphatic heterocycles. The molecule has 0 saturated carbocycles. The third kappa shape index (κ3) is 4.50. The monoisotopic (exact) mass is 355 g/mol. The van der Waals surface area contributed by atoms with Gasteiger partial charge in [0.2, 0.25) is 0 Å². The molecule has 0 aliphatic rings. The van der Waals surface area contributed by atoms with Crippen LogP contribution in [0, 0.1) is 0 Å². The van der Waals surface area contributed by atoms with Crippen molar-refractivity contribution in [3.8, 4) is 5.75 Å². The Morgan fingerprint density at radius 2 is 2.04 bits per heavy atom. The van der Waals surface area contributed by atoms with E-state index in [1.165, 1.54) is 0 Å². The van der Waals surface area contributed by atoms with Gasteiger partial charge in [-0.25, -0.2) is 0 Å². The van der Waals surface area contributed by atoms with E-state index in [9.17, 15) is 5.11 Å². The number of pyridine rings is 1. The number of aliphatic hydroxyl groups is 1.